The molecule has 0 aliphatic heterocycles. The van der Waals surface area contributed by atoms with Crippen LogP contribution in [0.3, 0.4) is 0 Å². The zero-order valence-corrected chi connectivity index (χ0v) is 8.84. The molecule has 3 rings (SSSR count). The second-order valence-electron chi connectivity index (χ2n) is 3.62. The minimum Gasteiger partial charge on any atom is -0.461 e. The lowest BCUT2D eigenvalue weighted by atomic mass is 10.1. The third kappa shape index (κ3) is 1.29. The molecule has 0 unspecified atom stereocenters. The van der Waals surface area contributed by atoms with Gasteiger partial charge in [0.1, 0.15) is 11.3 Å². The molecule has 1 aromatic carbocycles. The third-order valence-electron chi connectivity index (χ3n) is 2.59. The second kappa shape index (κ2) is 3.45. The highest BCUT2D eigenvalue weighted by Crippen LogP contribution is 2.32. The van der Waals surface area contributed by atoms with Gasteiger partial charge in [-0.1, -0.05) is 18.2 Å². The predicted octanol–water partition coefficient (Wildman–Crippen LogP) is 3.20. The predicted molar refractivity (Wildman–Crippen MR) is 62.0 cm³/mol. The van der Waals surface area contributed by atoms with Crippen LogP contribution in [0.4, 0.5) is 0 Å². The van der Waals surface area contributed by atoms with E-state index in [1.54, 1.807) is 18.6 Å². The number of hydrogen-bond donors (Lipinski definition) is 0. The maximum Gasteiger partial charge on any atom is 0.134 e. The Morgan fingerprint density at radius 2 is 2.00 bits per heavy atom. The molecule has 0 saturated heterocycles. The molecule has 0 fully saturated rings. The molecule has 0 amide bonds. The summed E-state index contributed by atoms with van der Waals surface area (Å²) in [5, 5.41) is 1.08. The van der Waals surface area contributed by atoms with Crippen LogP contribution in [0.25, 0.3) is 22.2 Å². The first-order valence-electron chi connectivity index (χ1n) is 5.11. The van der Waals surface area contributed by atoms with Crippen LogP contribution in [-0.2, 0) is 0 Å². The Labute approximate surface area is 92.8 Å². The topological polar surface area (TPSA) is 38.9 Å². The monoisotopic (exact) mass is 210 g/mol. The average molecular weight is 210 g/mol. The van der Waals surface area contributed by atoms with E-state index in [-0.39, 0.29) is 0 Å². The minimum absolute atomic E-state index is 0.852. The highest BCUT2D eigenvalue weighted by molar-refractivity contribution is 5.94. The van der Waals surface area contributed by atoms with Crippen molar-refractivity contribution in [2.45, 2.75) is 6.92 Å². The Balaban J connectivity index is 2.35. The molecule has 2 heterocycles. The van der Waals surface area contributed by atoms with Gasteiger partial charge in [0.15, 0.2) is 0 Å². The molecule has 0 bridgehead atoms. The number of aromatic nitrogens is 2. The van der Waals surface area contributed by atoms with Crippen LogP contribution in [0.5, 0.6) is 0 Å². The molecule has 0 aliphatic rings. The van der Waals surface area contributed by atoms with Crippen LogP contribution in [0.1, 0.15) is 5.76 Å². The Morgan fingerprint density at radius 3 is 2.81 bits per heavy atom. The van der Waals surface area contributed by atoms with E-state index < -0.39 is 0 Å². The van der Waals surface area contributed by atoms with Gasteiger partial charge in [-0.2, -0.15) is 0 Å². The summed E-state index contributed by atoms with van der Waals surface area (Å²) < 4.78 is 5.69. The van der Waals surface area contributed by atoms with E-state index in [0.29, 0.717) is 0 Å². The van der Waals surface area contributed by atoms with Crippen molar-refractivity contribution in [1.29, 1.82) is 0 Å². The van der Waals surface area contributed by atoms with Gasteiger partial charge in [-0.3, -0.25) is 9.97 Å². The number of aryl methyl sites for hydroxylation is 1. The van der Waals surface area contributed by atoms with Gasteiger partial charge in [-0.25, -0.2) is 0 Å². The Hall–Kier alpha value is -2.16. The summed E-state index contributed by atoms with van der Waals surface area (Å²) in [7, 11) is 0. The van der Waals surface area contributed by atoms with Gasteiger partial charge in [-0.05, 0) is 13.0 Å². The van der Waals surface area contributed by atoms with E-state index in [4.69, 9.17) is 4.42 Å². The molecule has 2 aromatic heterocycles. The molecule has 0 atom stereocenters. The number of fused-ring (bicyclic) bond motifs is 1. The first-order valence-corrected chi connectivity index (χ1v) is 5.11. The van der Waals surface area contributed by atoms with Crippen LogP contribution >= 0.6 is 0 Å². The number of benzene rings is 1. The Bertz CT molecular complexity index is 629. The molecule has 3 heteroatoms. The van der Waals surface area contributed by atoms with Crippen LogP contribution in [0, 0.1) is 6.92 Å². The molecule has 78 valence electrons. The van der Waals surface area contributed by atoms with Gasteiger partial charge in [-0.15, -0.1) is 0 Å². The maximum absolute atomic E-state index is 5.69. The molecule has 0 saturated carbocycles. The van der Waals surface area contributed by atoms with E-state index in [2.05, 4.69) is 9.97 Å². The summed E-state index contributed by atoms with van der Waals surface area (Å²) in [4.78, 5) is 8.39. The van der Waals surface area contributed by atoms with E-state index >= 15 is 0 Å². The van der Waals surface area contributed by atoms with E-state index in [1.807, 2.05) is 31.2 Å². The van der Waals surface area contributed by atoms with E-state index in [9.17, 15) is 0 Å². The summed E-state index contributed by atoms with van der Waals surface area (Å²) in [6, 6.07) is 7.96. The summed E-state index contributed by atoms with van der Waals surface area (Å²) >= 11 is 0. The second-order valence-corrected chi connectivity index (χ2v) is 3.62. The lowest BCUT2D eigenvalue weighted by molar-refractivity contribution is 0.580. The first-order chi connectivity index (χ1) is 7.86. The van der Waals surface area contributed by atoms with Crippen molar-refractivity contribution in [1.82, 2.24) is 9.97 Å². The van der Waals surface area contributed by atoms with E-state index in [0.717, 1.165) is 28.0 Å². The van der Waals surface area contributed by atoms with Gasteiger partial charge in [0.25, 0.3) is 0 Å². The zero-order valence-electron chi connectivity index (χ0n) is 8.84. The van der Waals surface area contributed by atoms with Crippen molar-refractivity contribution >= 4 is 11.0 Å². The van der Waals surface area contributed by atoms with Crippen LogP contribution in [0.2, 0.25) is 0 Å². The van der Waals surface area contributed by atoms with Crippen LogP contribution in [0.15, 0.2) is 47.3 Å². The van der Waals surface area contributed by atoms with Gasteiger partial charge in [0.05, 0.1) is 17.5 Å². The highest BCUT2D eigenvalue weighted by Gasteiger charge is 2.12. The summed E-state index contributed by atoms with van der Waals surface area (Å²) in [5.74, 6) is 0.877. The van der Waals surface area contributed by atoms with Gasteiger partial charge >= 0.3 is 0 Å². The average Bonchev–Trinajstić information content (AvgIpc) is 2.66. The van der Waals surface area contributed by atoms with Crippen molar-refractivity contribution in [3.8, 4) is 11.3 Å². The minimum atomic E-state index is 0.852. The lowest BCUT2D eigenvalue weighted by Crippen LogP contribution is -1.84. The maximum atomic E-state index is 5.69. The molecule has 0 aliphatic carbocycles. The summed E-state index contributed by atoms with van der Waals surface area (Å²) in [5.41, 5.74) is 2.77. The largest absolute Gasteiger partial charge is 0.461 e. The molecule has 0 spiro atoms. The molecule has 3 aromatic rings. The van der Waals surface area contributed by atoms with Crippen LogP contribution < -0.4 is 0 Å². The van der Waals surface area contributed by atoms with Crippen molar-refractivity contribution in [3.05, 3.63) is 48.6 Å². The van der Waals surface area contributed by atoms with Gasteiger partial charge in [0, 0.05) is 17.8 Å². The lowest BCUT2D eigenvalue weighted by Gasteiger charge is -1.97. The number of furan rings is 1. The molecular formula is C13H10N2O. The Kier molecular flexibility index (Phi) is 1.96. The van der Waals surface area contributed by atoms with Crippen molar-refractivity contribution in [3.63, 3.8) is 0 Å². The fourth-order valence-electron chi connectivity index (χ4n) is 1.91. The summed E-state index contributed by atoms with van der Waals surface area (Å²) in [6.07, 6.45) is 5.11. The SMILES string of the molecule is Cc1oc2ccccc2c1-c1cnccn1. The van der Waals surface area contributed by atoms with Gasteiger partial charge < -0.3 is 4.42 Å². The molecule has 16 heavy (non-hydrogen) atoms. The highest BCUT2D eigenvalue weighted by atomic mass is 16.3. The smallest absolute Gasteiger partial charge is 0.134 e. The Morgan fingerprint density at radius 1 is 1.12 bits per heavy atom. The van der Waals surface area contributed by atoms with Gasteiger partial charge in [0.2, 0.25) is 0 Å². The molecule has 0 N–H and O–H groups in total. The van der Waals surface area contributed by atoms with Crippen LogP contribution in [-0.4, -0.2) is 9.97 Å². The standard InChI is InChI=1S/C13H10N2O/c1-9-13(11-8-14-6-7-15-11)10-4-2-3-5-12(10)16-9/h2-8H,1H3. The van der Waals surface area contributed by atoms with Crippen molar-refractivity contribution in [2.75, 3.05) is 0 Å². The zero-order chi connectivity index (χ0) is 11.0. The molecule has 3 nitrogen and oxygen atoms in total. The molecular weight excluding hydrogens is 200 g/mol. The first kappa shape index (κ1) is 9.09. The summed E-state index contributed by atoms with van der Waals surface area (Å²) in [6.45, 7) is 1.95. The third-order valence-corrected chi connectivity index (χ3v) is 2.59. The number of nitrogens with zero attached hydrogens (tertiary/aromatic N) is 2. The normalized spacial score (nSPS) is 10.8. The quantitative estimate of drug-likeness (QED) is 0.619. The van der Waals surface area contributed by atoms with Crippen molar-refractivity contribution in [2.24, 2.45) is 0 Å². The molecule has 0 radical (unpaired) electrons. The number of hydrogen-bond acceptors (Lipinski definition) is 3. The van der Waals surface area contributed by atoms with E-state index in [1.165, 1.54) is 0 Å². The fraction of sp³-hybridized carbons (Fsp3) is 0.0769. The fourth-order valence-corrected chi connectivity index (χ4v) is 1.91. The number of rotatable bonds is 1. The number of para-hydroxylation sites is 1. The van der Waals surface area contributed by atoms with Crippen molar-refractivity contribution < 1.29 is 4.42 Å².